The van der Waals surface area contributed by atoms with Gasteiger partial charge in [-0.15, -0.1) is 0 Å². The molecule has 0 atom stereocenters. The summed E-state index contributed by atoms with van der Waals surface area (Å²) in [5.74, 6) is 2.45. The molecule has 28 heavy (non-hydrogen) atoms. The van der Waals surface area contributed by atoms with Crippen molar-refractivity contribution in [3.63, 3.8) is 0 Å². The van der Waals surface area contributed by atoms with Crippen molar-refractivity contribution in [2.45, 2.75) is 25.7 Å². The number of methoxy groups -OCH3 is 1. The summed E-state index contributed by atoms with van der Waals surface area (Å²) in [5.41, 5.74) is 0.888. The highest BCUT2D eigenvalue weighted by atomic mass is 16.5. The first-order valence-electron chi connectivity index (χ1n) is 10.4. The highest BCUT2D eigenvalue weighted by Crippen LogP contribution is 2.35. The van der Waals surface area contributed by atoms with E-state index in [-0.39, 0.29) is 0 Å². The third-order valence-corrected chi connectivity index (χ3v) is 5.58. The second kappa shape index (κ2) is 9.39. The first-order valence-corrected chi connectivity index (χ1v) is 10.4. The first kappa shape index (κ1) is 19.2. The van der Waals surface area contributed by atoms with Gasteiger partial charge in [-0.3, -0.25) is 0 Å². The summed E-state index contributed by atoms with van der Waals surface area (Å²) in [7, 11) is 1.69. The van der Waals surface area contributed by atoms with E-state index in [1.165, 1.54) is 32.4 Å². The summed E-state index contributed by atoms with van der Waals surface area (Å²) in [5, 5.41) is 5.42. The number of fused-ring (bicyclic) bond motifs is 1. The number of nitrogens with zero attached hydrogens (tertiary/aromatic N) is 5. The molecular weight excluding hydrogens is 354 g/mol. The van der Waals surface area contributed by atoms with Crippen LogP contribution in [0.1, 0.15) is 25.7 Å². The average molecular weight is 385 g/mol. The quantitative estimate of drug-likeness (QED) is 0.683. The number of hydrogen-bond donors (Lipinski definition) is 0. The van der Waals surface area contributed by atoms with Crippen LogP contribution in [-0.2, 0) is 0 Å². The molecule has 0 saturated carbocycles. The number of ether oxygens (including phenoxy) is 2. The lowest BCUT2D eigenvalue weighted by Crippen LogP contribution is -2.40. The number of aromatic nitrogens is 2. The van der Waals surface area contributed by atoms with E-state index in [1.54, 1.807) is 13.4 Å². The number of likely N-dealkylation sites (tertiary alicyclic amines) is 1. The van der Waals surface area contributed by atoms with E-state index < -0.39 is 0 Å². The normalized spacial score (nSPS) is 18.4. The average Bonchev–Trinajstić information content (AvgIpc) is 2.77. The minimum Gasteiger partial charge on any atom is -0.493 e. The van der Waals surface area contributed by atoms with Gasteiger partial charge in [-0.1, -0.05) is 6.42 Å². The molecule has 7 heteroatoms. The van der Waals surface area contributed by atoms with Gasteiger partial charge in [-0.25, -0.2) is 15.3 Å². The van der Waals surface area contributed by atoms with Crippen LogP contribution in [0.25, 0.3) is 10.9 Å². The highest BCUT2D eigenvalue weighted by molar-refractivity contribution is 5.92. The number of benzene rings is 1. The molecule has 1 aromatic carbocycles. The van der Waals surface area contributed by atoms with Gasteiger partial charge in [0.2, 0.25) is 0 Å². The number of rotatable bonds is 7. The predicted octanol–water partition coefficient (Wildman–Crippen LogP) is 2.32. The maximum Gasteiger partial charge on any atom is 0.163 e. The van der Waals surface area contributed by atoms with Crippen molar-refractivity contribution in [3.05, 3.63) is 18.5 Å². The summed E-state index contributed by atoms with van der Waals surface area (Å²) in [4.78, 5) is 13.8. The van der Waals surface area contributed by atoms with Crippen LogP contribution in [0.15, 0.2) is 18.5 Å². The Morgan fingerprint density at radius 3 is 2.57 bits per heavy atom. The third-order valence-electron chi connectivity index (χ3n) is 5.58. The minimum atomic E-state index is 0.684. The lowest BCUT2D eigenvalue weighted by atomic mass is 10.1. The molecule has 3 heterocycles. The molecule has 2 aromatic rings. The molecule has 0 bridgehead atoms. The number of anilines is 1. The van der Waals surface area contributed by atoms with Crippen molar-refractivity contribution in [1.82, 2.24) is 20.2 Å². The molecule has 151 valence electrons. The van der Waals surface area contributed by atoms with Crippen LogP contribution < -0.4 is 19.7 Å². The fourth-order valence-electron chi connectivity index (χ4n) is 4.05. The van der Waals surface area contributed by atoms with Gasteiger partial charge in [-0.2, -0.15) is 0 Å². The lowest BCUT2D eigenvalue weighted by Gasteiger charge is -2.28. The van der Waals surface area contributed by atoms with Gasteiger partial charge >= 0.3 is 0 Å². The Hall–Kier alpha value is -2.12. The minimum absolute atomic E-state index is 0.684. The van der Waals surface area contributed by atoms with E-state index in [1.807, 2.05) is 12.1 Å². The molecule has 2 saturated heterocycles. The van der Waals surface area contributed by atoms with E-state index in [2.05, 4.69) is 25.1 Å². The third kappa shape index (κ3) is 4.47. The summed E-state index contributed by atoms with van der Waals surface area (Å²) in [6.45, 7) is 7.71. The summed E-state index contributed by atoms with van der Waals surface area (Å²) in [6.07, 6.45) is 6.68. The molecule has 2 fully saturated rings. The Kier molecular flexibility index (Phi) is 6.44. The second-order valence-corrected chi connectivity index (χ2v) is 7.48. The molecule has 4 rings (SSSR count). The predicted molar refractivity (Wildman–Crippen MR) is 111 cm³/mol. The van der Waals surface area contributed by atoms with Gasteiger partial charge in [0.15, 0.2) is 11.5 Å². The van der Waals surface area contributed by atoms with Crippen molar-refractivity contribution in [2.75, 3.05) is 64.4 Å². The molecule has 0 spiro atoms. The maximum atomic E-state index is 6.07. The molecule has 1 aromatic heterocycles. The summed E-state index contributed by atoms with van der Waals surface area (Å²) >= 11 is 0. The van der Waals surface area contributed by atoms with Gasteiger partial charge in [-0.05, 0) is 38.4 Å². The van der Waals surface area contributed by atoms with Crippen LogP contribution in [0.3, 0.4) is 0 Å². The van der Waals surface area contributed by atoms with Crippen LogP contribution in [-0.4, -0.2) is 74.4 Å². The largest absolute Gasteiger partial charge is 0.493 e. The molecule has 0 amide bonds. The van der Waals surface area contributed by atoms with Gasteiger partial charge in [0.25, 0.3) is 0 Å². The van der Waals surface area contributed by atoms with Crippen molar-refractivity contribution >= 4 is 16.7 Å². The Labute approximate surface area is 167 Å². The first-order chi connectivity index (χ1) is 13.8. The SMILES string of the molecule is COc1cc2c(N3CC[N]CC3)ncnc2cc1OCCCN1CCCCC1. The Bertz CT molecular complexity index is 773. The van der Waals surface area contributed by atoms with Crippen molar-refractivity contribution in [3.8, 4) is 11.5 Å². The van der Waals surface area contributed by atoms with Crippen LogP contribution in [0, 0.1) is 0 Å². The zero-order valence-electron chi connectivity index (χ0n) is 16.8. The Morgan fingerprint density at radius 2 is 1.79 bits per heavy atom. The van der Waals surface area contributed by atoms with E-state index in [0.29, 0.717) is 6.61 Å². The van der Waals surface area contributed by atoms with Crippen molar-refractivity contribution in [1.29, 1.82) is 0 Å². The smallest absolute Gasteiger partial charge is 0.163 e. The molecular formula is C21H30N5O2. The van der Waals surface area contributed by atoms with E-state index >= 15 is 0 Å². The van der Waals surface area contributed by atoms with Gasteiger partial charge in [0.05, 0.1) is 19.2 Å². The molecule has 2 aliphatic rings. The van der Waals surface area contributed by atoms with Crippen LogP contribution >= 0.6 is 0 Å². The Morgan fingerprint density at radius 1 is 0.964 bits per heavy atom. The zero-order valence-corrected chi connectivity index (χ0v) is 16.8. The zero-order chi connectivity index (χ0) is 19.2. The fourth-order valence-corrected chi connectivity index (χ4v) is 4.05. The maximum absolute atomic E-state index is 6.07. The standard InChI is InChI=1S/C21H30N5O2/c1-27-19-14-17-18(23-16-24-21(17)26-11-6-22-7-12-26)15-20(19)28-13-5-10-25-8-3-2-4-9-25/h14-16H,2-13H2,1H3. The monoisotopic (exact) mass is 384 g/mol. The van der Waals surface area contributed by atoms with Gasteiger partial charge < -0.3 is 19.3 Å². The van der Waals surface area contributed by atoms with Gasteiger partial charge in [0, 0.05) is 44.2 Å². The topological polar surface area (TPSA) is 64.8 Å². The number of piperidine rings is 1. The molecule has 2 aliphatic heterocycles. The highest BCUT2D eigenvalue weighted by Gasteiger charge is 2.18. The van der Waals surface area contributed by atoms with E-state index in [4.69, 9.17) is 9.47 Å². The lowest BCUT2D eigenvalue weighted by molar-refractivity contribution is 0.203. The molecule has 0 N–H and O–H groups in total. The number of piperazine rings is 1. The summed E-state index contributed by atoms with van der Waals surface area (Å²) < 4.78 is 11.7. The Balaban J connectivity index is 1.46. The summed E-state index contributed by atoms with van der Waals surface area (Å²) in [6, 6.07) is 3.99. The molecule has 1 radical (unpaired) electrons. The van der Waals surface area contributed by atoms with Crippen LogP contribution in [0.5, 0.6) is 11.5 Å². The molecule has 0 aliphatic carbocycles. The van der Waals surface area contributed by atoms with Gasteiger partial charge in [0.1, 0.15) is 12.1 Å². The fraction of sp³-hybridized carbons (Fsp3) is 0.619. The van der Waals surface area contributed by atoms with Crippen LogP contribution in [0.4, 0.5) is 5.82 Å². The molecule has 0 unspecified atom stereocenters. The van der Waals surface area contributed by atoms with Crippen LogP contribution in [0.2, 0.25) is 0 Å². The van der Waals surface area contributed by atoms with E-state index in [9.17, 15) is 0 Å². The van der Waals surface area contributed by atoms with Crippen molar-refractivity contribution < 1.29 is 9.47 Å². The number of hydrogen-bond acceptors (Lipinski definition) is 6. The second-order valence-electron chi connectivity index (χ2n) is 7.48. The van der Waals surface area contributed by atoms with Crippen molar-refractivity contribution in [2.24, 2.45) is 0 Å². The molecule has 7 nitrogen and oxygen atoms in total. The van der Waals surface area contributed by atoms with E-state index in [0.717, 1.165) is 67.4 Å².